The van der Waals surface area contributed by atoms with Gasteiger partial charge in [-0.25, -0.2) is 0 Å². The topological polar surface area (TPSA) is 105 Å². The number of nitrogens with zero attached hydrogens (tertiary/aromatic N) is 3. The van der Waals surface area contributed by atoms with Crippen molar-refractivity contribution in [3.63, 3.8) is 0 Å². The summed E-state index contributed by atoms with van der Waals surface area (Å²) < 4.78 is 11.2. The largest absolute Gasteiger partial charge is 0.438 e. The summed E-state index contributed by atoms with van der Waals surface area (Å²) >= 11 is 1.11. The molecule has 2 aromatic heterocycles. The maximum atomic E-state index is 12.5. The highest BCUT2D eigenvalue weighted by atomic mass is 32.2. The molecule has 0 aliphatic rings. The van der Waals surface area contributed by atoms with E-state index in [9.17, 15) is 10.1 Å². The predicted octanol–water partition coefficient (Wildman–Crippen LogP) is 4.91. The Morgan fingerprint density at radius 1 is 1.03 bits per heavy atom. The Labute approximate surface area is 176 Å². The van der Waals surface area contributed by atoms with Crippen LogP contribution in [0.4, 0.5) is 5.88 Å². The zero-order valence-corrected chi connectivity index (χ0v) is 16.8. The number of hydrogen-bond acceptors (Lipinski definition) is 7. The molecule has 0 saturated carbocycles. The Kier molecular flexibility index (Phi) is 5.63. The van der Waals surface area contributed by atoms with Crippen LogP contribution in [0.3, 0.4) is 0 Å². The number of thioether (sulfide) groups is 1. The van der Waals surface area contributed by atoms with Crippen LogP contribution < -0.4 is 5.32 Å². The van der Waals surface area contributed by atoms with E-state index in [-0.39, 0.29) is 23.1 Å². The fourth-order valence-electron chi connectivity index (χ4n) is 2.93. The molecule has 30 heavy (non-hydrogen) atoms. The molecule has 0 fully saturated rings. The van der Waals surface area contributed by atoms with E-state index in [1.54, 1.807) is 6.92 Å². The highest BCUT2D eigenvalue weighted by Crippen LogP contribution is 2.41. The first-order valence-electron chi connectivity index (χ1n) is 9.06. The standard InChI is InChI=1S/C22H16N4O3S/c1-14-25-26-22(28-14)30-13-18(27)24-21-17(12-23)19(15-8-4-2-5-9-15)20(29-21)16-10-6-3-7-11-16/h2-11H,13H2,1H3,(H,24,27). The number of carbonyl (C=O) groups excluding carboxylic acids is 1. The molecule has 0 spiro atoms. The number of nitriles is 1. The number of carbonyl (C=O) groups is 1. The molecule has 1 amide bonds. The number of hydrogen-bond donors (Lipinski definition) is 1. The average Bonchev–Trinajstić information content (AvgIpc) is 3.36. The van der Waals surface area contributed by atoms with Gasteiger partial charge in [-0.2, -0.15) is 5.26 Å². The van der Waals surface area contributed by atoms with Gasteiger partial charge in [0.05, 0.1) is 5.75 Å². The van der Waals surface area contributed by atoms with Crippen LogP contribution in [-0.4, -0.2) is 21.9 Å². The van der Waals surface area contributed by atoms with Crippen LogP contribution in [0.15, 0.2) is 74.7 Å². The third-order valence-corrected chi connectivity index (χ3v) is 5.02. The monoisotopic (exact) mass is 416 g/mol. The van der Waals surface area contributed by atoms with Crippen LogP contribution in [0.1, 0.15) is 11.5 Å². The van der Waals surface area contributed by atoms with Gasteiger partial charge in [-0.3, -0.25) is 10.1 Å². The first kappa shape index (κ1) is 19.5. The van der Waals surface area contributed by atoms with Crippen molar-refractivity contribution >= 4 is 23.6 Å². The molecule has 2 heterocycles. The number of aromatic nitrogens is 2. The molecule has 4 aromatic rings. The molecule has 0 aliphatic heterocycles. The summed E-state index contributed by atoms with van der Waals surface area (Å²) in [7, 11) is 0. The molecule has 0 unspecified atom stereocenters. The second-order valence-electron chi connectivity index (χ2n) is 6.28. The fraction of sp³-hybridized carbons (Fsp3) is 0.0909. The van der Waals surface area contributed by atoms with Crippen LogP contribution >= 0.6 is 11.8 Å². The summed E-state index contributed by atoms with van der Waals surface area (Å²) in [6, 6.07) is 21.1. The van der Waals surface area contributed by atoms with Crippen molar-refractivity contribution in [2.24, 2.45) is 0 Å². The van der Waals surface area contributed by atoms with Gasteiger partial charge in [-0.1, -0.05) is 72.4 Å². The number of aryl methyl sites for hydroxylation is 1. The molecule has 1 N–H and O–H groups in total. The number of amides is 1. The van der Waals surface area contributed by atoms with Gasteiger partial charge in [0.25, 0.3) is 5.22 Å². The number of furan rings is 1. The van der Waals surface area contributed by atoms with E-state index in [1.807, 2.05) is 60.7 Å². The minimum absolute atomic E-state index is 0.0363. The van der Waals surface area contributed by atoms with Gasteiger partial charge in [-0.05, 0) is 5.56 Å². The van der Waals surface area contributed by atoms with Crippen molar-refractivity contribution in [2.45, 2.75) is 12.1 Å². The van der Waals surface area contributed by atoms with Gasteiger partial charge in [0.2, 0.25) is 17.7 Å². The van der Waals surface area contributed by atoms with E-state index in [4.69, 9.17) is 8.83 Å². The lowest BCUT2D eigenvalue weighted by Crippen LogP contribution is -2.14. The lowest BCUT2D eigenvalue weighted by atomic mass is 9.98. The van der Waals surface area contributed by atoms with Crippen LogP contribution in [0, 0.1) is 18.3 Å². The molecular weight excluding hydrogens is 400 g/mol. The zero-order valence-electron chi connectivity index (χ0n) is 16.0. The van der Waals surface area contributed by atoms with Crippen LogP contribution in [0.5, 0.6) is 0 Å². The minimum Gasteiger partial charge on any atom is -0.438 e. The Hall–Kier alpha value is -3.83. The highest BCUT2D eigenvalue weighted by Gasteiger charge is 2.24. The maximum Gasteiger partial charge on any atom is 0.277 e. The quantitative estimate of drug-likeness (QED) is 0.445. The van der Waals surface area contributed by atoms with E-state index in [1.165, 1.54) is 0 Å². The van der Waals surface area contributed by atoms with Gasteiger partial charge in [-0.15, -0.1) is 10.2 Å². The molecule has 0 atom stereocenters. The zero-order chi connectivity index (χ0) is 20.9. The summed E-state index contributed by atoms with van der Waals surface area (Å²) in [5.74, 6) is 0.751. The van der Waals surface area contributed by atoms with Crippen molar-refractivity contribution < 1.29 is 13.6 Å². The van der Waals surface area contributed by atoms with Crippen molar-refractivity contribution in [1.29, 1.82) is 5.26 Å². The molecule has 0 bridgehead atoms. The maximum absolute atomic E-state index is 12.5. The first-order valence-corrected chi connectivity index (χ1v) is 10.0. The van der Waals surface area contributed by atoms with Gasteiger partial charge >= 0.3 is 0 Å². The van der Waals surface area contributed by atoms with E-state index in [0.29, 0.717) is 22.4 Å². The van der Waals surface area contributed by atoms with E-state index in [0.717, 1.165) is 22.9 Å². The van der Waals surface area contributed by atoms with Crippen LogP contribution in [0.2, 0.25) is 0 Å². The van der Waals surface area contributed by atoms with E-state index in [2.05, 4.69) is 21.6 Å². The average molecular weight is 416 g/mol. The van der Waals surface area contributed by atoms with Crippen LogP contribution in [-0.2, 0) is 4.79 Å². The van der Waals surface area contributed by atoms with Gasteiger partial charge in [0.1, 0.15) is 17.4 Å². The van der Waals surface area contributed by atoms with E-state index >= 15 is 0 Å². The number of rotatable bonds is 6. The Balaban J connectivity index is 1.67. The third-order valence-electron chi connectivity index (χ3n) is 4.21. The van der Waals surface area contributed by atoms with Gasteiger partial charge in [0.15, 0.2) is 0 Å². The lowest BCUT2D eigenvalue weighted by Gasteiger charge is -2.03. The van der Waals surface area contributed by atoms with Crippen molar-refractivity contribution in [3.8, 4) is 28.5 Å². The Bertz CT molecular complexity index is 1210. The normalized spacial score (nSPS) is 10.5. The SMILES string of the molecule is Cc1nnc(SCC(=O)Nc2oc(-c3ccccc3)c(-c3ccccc3)c2C#N)o1. The molecule has 7 nitrogen and oxygen atoms in total. The summed E-state index contributed by atoms with van der Waals surface area (Å²) in [6.45, 7) is 1.68. The lowest BCUT2D eigenvalue weighted by molar-refractivity contribution is -0.113. The summed E-state index contributed by atoms with van der Waals surface area (Å²) in [6.07, 6.45) is 0. The highest BCUT2D eigenvalue weighted by molar-refractivity contribution is 7.99. The van der Waals surface area contributed by atoms with Crippen molar-refractivity contribution in [1.82, 2.24) is 10.2 Å². The van der Waals surface area contributed by atoms with Gasteiger partial charge < -0.3 is 8.83 Å². The predicted molar refractivity (Wildman–Crippen MR) is 113 cm³/mol. The minimum atomic E-state index is -0.347. The fourth-order valence-corrected chi connectivity index (χ4v) is 3.53. The molecular formula is C22H16N4O3S. The number of nitrogens with one attached hydrogen (secondary N) is 1. The van der Waals surface area contributed by atoms with Crippen molar-refractivity contribution in [3.05, 3.63) is 72.1 Å². The summed E-state index contributed by atoms with van der Waals surface area (Å²) in [5, 5.41) is 20.4. The van der Waals surface area contributed by atoms with E-state index < -0.39 is 0 Å². The summed E-state index contributed by atoms with van der Waals surface area (Å²) in [5.41, 5.74) is 2.55. The van der Waals surface area contributed by atoms with Crippen molar-refractivity contribution in [2.75, 3.05) is 11.1 Å². The molecule has 0 radical (unpaired) electrons. The molecule has 0 saturated heterocycles. The molecule has 8 heteroatoms. The molecule has 148 valence electrons. The van der Waals surface area contributed by atoms with Gasteiger partial charge in [0, 0.05) is 18.1 Å². The Morgan fingerprint density at radius 2 is 1.70 bits per heavy atom. The Morgan fingerprint density at radius 3 is 2.30 bits per heavy atom. The van der Waals surface area contributed by atoms with Crippen LogP contribution in [0.25, 0.3) is 22.5 Å². The molecule has 0 aliphatic carbocycles. The second kappa shape index (κ2) is 8.68. The number of anilines is 1. The molecule has 4 rings (SSSR count). The first-order chi connectivity index (χ1) is 14.7. The number of benzene rings is 2. The summed E-state index contributed by atoms with van der Waals surface area (Å²) in [4.78, 5) is 12.5. The smallest absolute Gasteiger partial charge is 0.277 e. The molecule has 2 aromatic carbocycles. The third kappa shape index (κ3) is 4.11. The second-order valence-corrected chi connectivity index (χ2v) is 7.20.